The van der Waals surface area contributed by atoms with Gasteiger partial charge < -0.3 is 5.32 Å². The van der Waals surface area contributed by atoms with Gasteiger partial charge in [0.25, 0.3) is 0 Å². The molecule has 0 saturated heterocycles. The van der Waals surface area contributed by atoms with Crippen LogP contribution < -0.4 is 5.32 Å². The molecule has 0 aromatic rings. The van der Waals surface area contributed by atoms with E-state index in [1.165, 1.54) is 0 Å². The van der Waals surface area contributed by atoms with Crippen LogP contribution in [0.3, 0.4) is 0 Å². The van der Waals surface area contributed by atoms with Crippen LogP contribution >= 0.6 is 0 Å². The fraction of sp³-hybridized carbons (Fsp3) is 0.800. The molecule has 0 rings (SSSR count). The molecule has 4 heteroatoms. The van der Waals surface area contributed by atoms with Gasteiger partial charge in [0.05, 0.1) is 6.42 Å². The summed E-state index contributed by atoms with van der Waals surface area (Å²) in [7, 11) is 0. The number of unbranched alkanes of at least 4 members (excludes halogenated alkanes) is 1. The predicted octanol–water partition coefficient (Wildman–Crippen LogP) is 3.27. The lowest BCUT2D eigenvalue weighted by molar-refractivity contribution is -0.140. The maximum absolute atomic E-state index is 12.1. The highest BCUT2D eigenvalue weighted by Gasteiger charge is 2.31. The van der Waals surface area contributed by atoms with E-state index in [0.717, 1.165) is 12.8 Å². The van der Waals surface area contributed by atoms with Crippen molar-refractivity contribution in [2.24, 2.45) is 0 Å². The second kappa shape index (κ2) is 6.87. The average molecular weight is 209 g/mol. The Morgan fingerprint density at radius 2 is 2.07 bits per heavy atom. The normalized spacial score (nSPS) is 14.0. The molecule has 0 heterocycles. The summed E-state index contributed by atoms with van der Waals surface area (Å²) < 4.78 is 36.2. The largest absolute Gasteiger partial charge is 0.390 e. The van der Waals surface area contributed by atoms with Crippen LogP contribution in [-0.4, -0.2) is 18.8 Å². The van der Waals surface area contributed by atoms with Gasteiger partial charge in [0.15, 0.2) is 0 Å². The molecule has 0 aliphatic heterocycles. The monoisotopic (exact) mass is 209 g/mol. The second-order valence-electron chi connectivity index (χ2n) is 3.29. The highest BCUT2D eigenvalue weighted by Crippen LogP contribution is 2.23. The number of hydrogen-bond donors (Lipinski definition) is 1. The third-order valence-corrected chi connectivity index (χ3v) is 1.93. The fourth-order valence-corrected chi connectivity index (χ4v) is 1.35. The molecule has 1 atom stereocenters. The van der Waals surface area contributed by atoms with E-state index in [1.54, 1.807) is 6.08 Å². The van der Waals surface area contributed by atoms with Crippen LogP contribution in [0.4, 0.5) is 13.2 Å². The van der Waals surface area contributed by atoms with Crippen LogP contribution in [0.5, 0.6) is 0 Å². The van der Waals surface area contributed by atoms with Crippen LogP contribution in [0, 0.1) is 0 Å². The molecule has 1 nitrogen and oxygen atoms in total. The van der Waals surface area contributed by atoms with E-state index in [4.69, 9.17) is 0 Å². The van der Waals surface area contributed by atoms with Gasteiger partial charge in [-0.15, -0.1) is 6.58 Å². The van der Waals surface area contributed by atoms with E-state index >= 15 is 0 Å². The molecule has 1 N–H and O–H groups in total. The molecule has 0 aromatic carbocycles. The van der Waals surface area contributed by atoms with E-state index < -0.39 is 18.6 Å². The first-order valence-electron chi connectivity index (χ1n) is 4.90. The number of allylic oxidation sites excluding steroid dienone is 1. The van der Waals surface area contributed by atoms with Gasteiger partial charge in [-0.3, -0.25) is 0 Å². The zero-order valence-corrected chi connectivity index (χ0v) is 8.53. The summed E-state index contributed by atoms with van der Waals surface area (Å²) in [6.07, 6.45) is -0.980. The second-order valence-corrected chi connectivity index (χ2v) is 3.29. The van der Waals surface area contributed by atoms with Gasteiger partial charge in [0.1, 0.15) is 0 Å². The topological polar surface area (TPSA) is 12.0 Å². The number of nitrogens with one attached hydrogen (secondary N) is 1. The van der Waals surface area contributed by atoms with Gasteiger partial charge in [0.2, 0.25) is 0 Å². The molecule has 0 aromatic heterocycles. The van der Waals surface area contributed by atoms with Crippen molar-refractivity contribution in [3.63, 3.8) is 0 Å². The highest BCUT2D eigenvalue weighted by atomic mass is 19.4. The van der Waals surface area contributed by atoms with Crippen molar-refractivity contribution < 1.29 is 13.2 Å². The van der Waals surface area contributed by atoms with Crippen LogP contribution in [0.2, 0.25) is 0 Å². The Labute approximate surface area is 83.4 Å². The summed E-state index contributed by atoms with van der Waals surface area (Å²) in [6, 6.07) is -0.444. The smallest absolute Gasteiger partial charge is 0.314 e. The van der Waals surface area contributed by atoms with Gasteiger partial charge in [-0.05, 0) is 25.8 Å². The van der Waals surface area contributed by atoms with Gasteiger partial charge in [-0.25, -0.2) is 0 Å². The summed E-state index contributed by atoms with van der Waals surface area (Å²) in [5, 5.41) is 2.84. The lowest BCUT2D eigenvalue weighted by Crippen LogP contribution is -2.33. The zero-order valence-electron chi connectivity index (χ0n) is 8.53. The number of alkyl halides is 3. The molecule has 0 bridgehead atoms. The van der Waals surface area contributed by atoms with E-state index in [-0.39, 0.29) is 0 Å². The summed E-state index contributed by atoms with van der Waals surface area (Å²) >= 11 is 0. The Kier molecular flexibility index (Phi) is 6.62. The first-order valence-corrected chi connectivity index (χ1v) is 4.90. The molecule has 14 heavy (non-hydrogen) atoms. The van der Waals surface area contributed by atoms with Gasteiger partial charge >= 0.3 is 6.18 Å². The van der Waals surface area contributed by atoms with Gasteiger partial charge in [-0.2, -0.15) is 13.2 Å². The van der Waals surface area contributed by atoms with Gasteiger partial charge in [-0.1, -0.05) is 13.0 Å². The molecule has 0 amide bonds. The summed E-state index contributed by atoms with van der Waals surface area (Å²) in [5.74, 6) is 0. The molecule has 0 aliphatic rings. The predicted molar refractivity (Wildman–Crippen MR) is 52.2 cm³/mol. The van der Waals surface area contributed by atoms with Gasteiger partial charge in [0, 0.05) is 6.04 Å². The number of rotatable bonds is 7. The summed E-state index contributed by atoms with van der Waals surface area (Å²) in [5.41, 5.74) is 0. The third-order valence-electron chi connectivity index (χ3n) is 1.93. The van der Waals surface area contributed by atoms with E-state index in [0.29, 0.717) is 13.0 Å². The maximum Gasteiger partial charge on any atom is 0.390 e. The van der Waals surface area contributed by atoms with Crippen LogP contribution in [0.15, 0.2) is 12.7 Å². The standard InChI is InChI=1S/C10H18F3N/c1-3-5-6-7-9(14-4-2)8-10(11,12)13/h3,9,14H,1,4-8H2,2H3. The minimum Gasteiger partial charge on any atom is -0.314 e. The Bertz CT molecular complexity index is 154. The lowest BCUT2D eigenvalue weighted by Gasteiger charge is -2.18. The third kappa shape index (κ3) is 8.10. The maximum atomic E-state index is 12.1. The van der Waals surface area contributed by atoms with Crippen molar-refractivity contribution in [2.75, 3.05) is 6.54 Å². The van der Waals surface area contributed by atoms with E-state index in [1.807, 2.05) is 6.92 Å². The summed E-state index contributed by atoms with van der Waals surface area (Å²) in [4.78, 5) is 0. The molecule has 0 radical (unpaired) electrons. The minimum absolute atomic E-state index is 0.444. The Morgan fingerprint density at radius 3 is 2.50 bits per heavy atom. The minimum atomic E-state index is -4.07. The molecule has 0 aliphatic carbocycles. The molecule has 0 fully saturated rings. The molecular weight excluding hydrogens is 191 g/mol. The molecule has 0 spiro atoms. The van der Waals surface area contributed by atoms with E-state index in [9.17, 15) is 13.2 Å². The lowest BCUT2D eigenvalue weighted by atomic mass is 10.1. The van der Waals surface area contributed by atoms with Crippen LogP contribution in [0.1, 0.15) is 32.6 Å². The Hall–Kier alpha value is -0.510. The van der Waals surface area contributed by atoms with Crippen LogP contribution in [-0.2, 0) is 0 Å². The quantitative estimate of drug-likeness (QED) is 0.501. The molecule has 84 valence electrons. The fourth-order valence-electron chi connectivity index (χ4n) is 1.35. The van der Waals surface area contributed by atoms with Crippen molar-refractivity contribution in [2.45, 2.75) is 44.8 Å². The zero-order chi connectivity index (χ0) is 11.0. The van der Waals surface area contributed by atoms with Crippen molar-refractivity contribution in [3.05, 3.63) is 12.7 Å². The van der Waals surface area contributed by atoms with Crippen molar-refractivity contribution in [1.82, 2.24) is 5.32 Å². The average Bonchev–Trinajstić information content (AvgIpc) is 2.02. The molecule has 0 saturated carbocycles. The first-order chi connectivity index (χ1) is 6.49. The van der Waals surface area contributed by atoms with Crippen molar-refractivity contribution in [1.29, 1.82) is 0 Å². The Balaban J connectivity index is 3.82. The molecular formula is C10H18F3N. The number of hydrogen-bond acceptors (Lipinski definition) is 1. The molecule has 1 unspecified atom stereocenters. The Morgan fingerprint density at radius 1 is 1.43 bits per heavy atom. The highest BCUT2D eigenvalue weighted by molar-refractivity contribution is 4.73. The van der Waals surface area contributed by atoms with Crippen molar-refractivity contribution >= 4 is 0 Å². The van der Waals surface area contributed by atoms with Crippen molar-refractivity contribution in [3.8, 4) is 0 Å². The summed E-state index contributed by atoms with van der Waals surface area (Å²) in [6.45, 7) is 5.93. The SMILES string of the molecule is C=CCCCC(CC(F)(F)F)NCC. The van der Waals surface area contributed by atoms with E-state index in [2.05, 4.69) is 11.9 Å². The van der Waals surface area contributed by atoms with Crippen LogP contribution in [0.25, 0.3) is 0 Å². The number of halogens is 3. The first kappa shape index (κ1) is 13.5.